The first kappa shape index (κ1) is 26.9. The topological polar surface area (TPSA) is 27.7 Å². The molecule has 0 bridgehead atoms. The number of allylic oxidation sites excluding steroid dienone is 1. The first-order chi connectivity index (χ1) is 16.6. The zero-order valence-corrected chi connectivity index (χ0v) is 21.8. The third kappa shape index (κ3) is 8.84. The van der Waals surface area contributed by atoms with Crippen LogP contribution >= 0.6 is 0 Å². The maximum Gasteiger partial charge on any atom is 0.363 e. The van der Waals surface area contributed by atoms with Crippen LogP contribution in [0.5, 0.6) is 5.75 Å². The highest BCUT2D eigenvalue weighted by Gasteiger charge is 2.38. The Kier molecular flexibility index (Phi) is 11.6. The minimum absolute atomic E-state index is 0.107. The molecule has 0 spiro atoms. The minimum Gasteiger partial charge on any atom is -0.563 e. The van der Waals surface area contributed by atoms with Crippen LogP contribution in [0.2, 0.25) is 11.6 Å². The van der Waals surface area contributed by atoms with Crippen molar-refractivity contribution in [3.8, 4) is 5.75 Å². The lowest BCUT2D eigenvalue weighted by molar-refractivity contribution is 0.0271. The second kappa shape index (κ2) is 14.7. The van der Waals surface area contributed by atoms with Crippen LogP contribution in [-0.4, -0.2) is 20.1 Å². The lowest BCUT2D eigenvalue weighted by Crippen LogP contribution is -2.33. The summed E-state index contributed by atoms with van der Waals surface area (Å²) in [5.74, 6) is 3.69. The van der Waals surface area contributed by atoms with Crippen molar-refractivity contribution in [2.75, 3.05) is 7.11 Å². The second-order valence-electron chi connectivity index (χ2n) is 10.7. The van der Waals surface area contributed by atoms with Crippen LogP contribution in [0, 0.1) is 5.92 Å². The van der Waals surface area contributed by atoms with E-state index in [-0.39, 0.29) is 6.10 Å². The molecule has 3 rings (SSSR count). The predicted molar refractivity (Wildman–Crippen MR) is 144 cm³/mol. The fourth-order valence-corrected chi connectivity index (χ4v) is 5.74. The zero-order valence-electron chi connectivity index (χ0n) is 21.8. The van der Waals surface area contributed by atoms with Crippen molar-refractivity contribution in [2.45, 2.75) is 115 Å². The van der Waals surface area contributed by atoms with Crippen molar-refractivity contribution in [1.82, 2.24) is 0 Å². The van der Waals surface area contributed by atoms with Crippen LogP contribution in [-0.2, 0) is 16.0 Å². The number of methoxy groups -OCH3 is 1. The summed E-state index contributed by atoms with van der Waals surface area (Å²) in [7, 11) is 1.70. The second-order valence-corrected chi connectivity index (χ2v) is 10.7. The lowest BCUT2D eigenvalue weighted by atomic mass is 9.41. The van der Waals surface area contributed by atoms with Gasteiger partial charge in [-0.3, -0.25) is 0 Å². The molecule has 0 saturated heterocycles. The van der Waals surface area contributed by atoms with Crippen LogP contribution < -0.4 is 4.74 Å². The number of hydrogen-bond donors (Lipinski definition) is 0. The molecule has 1 aromatic carbocycles. The molecule has 2 fully saturated rings. The smallest absolute Gasteiger partial charge is 0.363 e. The van der Waals surface area contributed by atoms with Crippen LogP contribution in [0.4, 0.5) is 0 Å². The van der Waals surface area contributed by atoms with Gasteiger partial charge in [0.25, 0.3) is 0 Å². The highest BCUT2D eigenvalue weighted by molar-refractivity contribution is 6.55. The molecule has 3 nitrogen and oxygen atoms in total. The molecule has 2 saturated carbocycles. The average molecular weight is 467 g/mol. The summed E-state index contributed by atoms with van der Waals surface area (Å²) in [5, 5.41) is 0. The number of benzene rings is 1. The van der Waals surface area contributed by atoms with E-state index in [0.29, 0.717) is 31.1 Å². The quantitative estimate of drug-likeness (QED) is 0.156. The van der Waals surface area contributed by atoms with E-state index in [0.717, 1.165) is 36.3 Å². The van der Waals surface area contributed by atoms with Gasteiger partial charge >= 0.3 is 6.92 Å². The number of ether oxygens (including phenoxy) is 2. The van der Waals surface area contributed by atoms with Crippen LogP contribution in [0.25, 0.3) is 0 Å². The Bertz CT molecular complexity index is 701. The maximum absolute atomic E-state index is 6.76. The van der Waals surface area contributed by atoms with Gasteiger partial charge in [0.1, 0.15) is 5.75 Å². The van der Waals surface area contributed by atoms with Crippen molar-refractivity contribution in [1.29, 1.82) is 0 Å². The van der Waals surface area contributed by atoms with Gasteiger partial charge in [0.05, 0.1) is 25.6 Å². The van der Waals surface area contributed by atoms with Crippen LogP contribution in [0.3, 0.4) is 0 Å². The highest BCUT2D eigenvalue weighted by Crippen LogP contribution is 2.42. The van der Waals surface area contributed by atoms with E-state index in [1.807, 2.05) is 18.2 Å². The molecule has 34 heavy (non-hydrogen) atoms. The zero-order chi connectivity index (χ0) is 24.2. The van der Waals surface area contributed by atoms with E-state index in [1.54, 1.807) is 7.11 Å². The van der Waals surface area contributed by atoms with Crippen molar-refractivity contribution >= 4 is 6.92 Å². The first-order valence-corrected chi connectivity index (χ1v) is 13.8. The van der Waals surface area contributed by atoms with E-state index >= 15 is 0 Å². The maximum atomic E-state index is 6.76. The number of hydrogen-bond acceptors (Lipinski definition) is 3. The molecule has 0 N–H and O–H groups in total. The molecule has 2 aliphatic rings. The molecule has 0 amide bonds. The summed E-state index contributed by atoms with van der Waals surface area (Å²) in [6.45, 7) is 11.5. The monoisotopic (exact) mass is 466 g/mol. The molecular formula is C30H47BO3. The normalized spacial score (nSPS) is 19.2. The highest BCUT2D eigenvalue weighted by atomic mass is 16.5. The molecule has 0 heterocycles. The average Bonchev–Trinajstić information content (AvgIpc) is 2.89. The Morgan fingerprint density at radius 2 is 1.56 bits per heavy atom. The van der Waals surface area contributed by atoms with E-state index in [1.165, 1.54) is 64.2 Å². The van der Waals surface area contributed by atoms with Gasteiger partial charge in [-0.25, -0.2) is 0 Å². The summed E-state index contributed by atoms with van der Waals surface area (Å²) in [5.41, 5.74) is 1.16. The molecular weight excluding hydrogens is 419 g/mol. The van der Waals surface area contributed by atoms with Gasteiger partial charge in [-0.1, -0.05) is 95.9 Å². The molecule has 4 heteroatoms. The Hall–Kier alpha value is -1.68. The van der Waals surface area contributed by atoms with E-state index in [9.17, 15) is 0 Å². The van der Waals surface area contributed by atoms with Crippen molar-refractivity contribution in [3.63, 3.8) is 0 Å². The number of rotatable bonds is 14. The largest absolute Gasteiger partial charge is 0.563 e. The summed E-state index contributed by atoms with van der Waals surface area (Å²) in [6, 6.07) is 8.15. The van der Waals surface area contributed by atoms with Crippen LogP contribution in [0.15, 0.2) is 49.3 Å². The Labute approximate surface area is 209 Å². The molecule has 2 aliphatic carbocycles. The van der Waals surface area contributed by atoms with Crippen molar-refractivity contribution in [3.05, 3.63) is 54.8 Å². The van der Waals surface area contributed by atoms with Gasteiger partial charge < -0.3 is 14.1 Å². The summed E-state index contributed by atoms with van der Waals surface area (Å²) in [4.78, 5) is 0. The molecule has 1 aromatic rings. The van der Waals surface area contributed by atoms with E-state index in [2.05, 4.69) is 32.2 Å². The first-order valence-electron chi connectivity index (χ1n) is 13.8. The Morgan fingerprint density at radius 3 is 2.09 bits per heavy atom. The Morgan fingerprint density at radius 1 is 0.971 bits per heavy atom. The van der Waals surface area contributed by atoms with Gasteiger partial charge in [-0.2, -0.15) is 0 Å². The molecule has 2 atom stereocenters. The van der Waals surface area contributed by atoms with E-state index < -0.39 is 0 Å². The lowest BCUT2D eigenvalue weighted by Gasteiger charge is -2.35. The fraction of sp³-hybridized carbons (Fsp3) is 0.667. The molecule has 188 valence electrons. The predicted octanol–water partition coefficient (Wildman–Crippen LogP) is 8.76. The van der Waals surface area contributed by atoms with Crippen molar-refractivity contribution in [2.24, 2.45) is 5.92 Å². The summed E-state index contributed by atoms with van der Waals surface area (Å²) in [6.07, 6.45) is 18.5. The van der Waals surface area contributed by atoms with Crippen LogP contribution in [0.1, 0.15) is 96.0 Å². The minimum atomic E-state index is 0.107. The third-order valence-electron chi connectivity index (χ3n) is 7.98. The summed E-state index contributed by atoms with van der Waals surface area (Å²) < 4.78 is 18.5. The van der Waals surface area contributed by atoms with Gasteiger partial charge in [0.15, 0.2) is 0 Å². The molecule has 0 unspecified atom stereocenters. The molecule has 0 aromatic heterocycles. The van der Waals surface area contributed by atoms with Gasteiger partial charge in [0, 0.05) is 6.42 Å². The Balaban J connectivity index is 1.60. The third-order valence-corrected chi connectivity index (χ3v) is 7.98. The fourth-order valence-electron chi connectivity index (χ4n) is 5.74. The van der Waals surface area contributed by atoms with Gasteiger partial charge in [-0.15, -0.1) is 6.58 Å². The van der Waals surface area contributed by atoms with E-state index in [4.69, 9.17) is 14.1 Å². The van der Waals surface area contributed by atoms with Crippen molar-refractivity contribution < 1.29 is 14.1 Å². The van der Waals surface area contributed by atoms with Gasteiger partial charge in [0.2, 0.25) is 0 Å². The summed E-state index contributed by atoms with van der Waals surface area (Å²) >= 11 is 0. The standard InChI is InChI=1S/C30H47BO3/c1-5-24(2)16-19-30(33-23-26-17-20-29(32-4)21-18-26)22-25(3)34-31(27-12-8-6-9-13-27)28-14-10-7-11-15-28/h5,17-18,20-21,24,27-28,30H,1,3,6-16,19,22-23H2,2,4H3/t24-,30-/m1/s1. The molecule has 0 radical (unpaired) electrons. The molecule has 0 aliphatic heterocycles. The van der Waals surface area contributed by atoms with Gasteiger partial charge in [-0.05, 0) is 48.1 Å². The SMILES string of the molecule is C=C[C@@H](C)CC[C@H](CC(=C)OB(C1CCCCC1)C1CCCCC1)OCc1ccc(OC)cc1.